The number of hydrogen-bond donors (Lipinski definition) is 5. The summed E-state index contributed by atoms with van der Waals surface area (Å²) in [6, 6.07) is 3.41. The van der Waals surface area contributed by atoms with Gasteiger partial charge in [0.25, 0.3) is 5.91 Å². The highest BCUT2D eigenvalue weighted by Gasteiger charge is 2.71. The van der Waals surface area contributed by atoms with Gasteiger partial charge in [-0.1, -0.05) is 13.0 Å². The number of nitrogens with zero attached hydrogens (tertiary/aromatic N) is 1. The van der Waals surface area contributed by atoms with Crippen molar-refractivity contribution in [2.75, 3.05) is 14.1 Å². The van der Waals surface area contributed by atoms with E-state index in [0.717, 1.165) is 0 Å². The molecular formula is C27H27BN2O9. The number of aliphatic hydroxyl groups is 3. The van der Waals surface area contributed by atoms with Crippen molar-refractivity contribution >= 4 is 31.6 Å². The summed E-state index contributed by atoms with van der Waals surface area (Å²) < 4.78 is 5.36. The molecule has 0 bridgehead atoms. The van der Waals surface area contributed by atoms with Gasteiger partial charge in [-0.15, -0.1) is 0 Å². The third kappa shape index (κ3) is 3.12. The van der Waals surface area contributed by atoms with Gasteiger partial charge in [0.15, 0.2) is 17.7 Å². The Labute approximate surface area is 223 Å². The van der Waals surface area contributed by atoms with Gasteiger partial charge in [0.05, 0.1) is 29.0 Å². The number of phenolic OH excluding ortho intramolecular Hbond substituents is 1. The van der Waals surface area contributed by atoms with Crippen molar-refractivity contribution in [2.45, 2.75) is 36.7 Å². The molecule has 12 heteroatoms. The van der Waals surface area contributed by atoms with Gasteiger partial charge in [0, 0.05) is 11.0 Å². The summed E-state index contributed by atoms with van der Waals surface area (Å²) in [6.07, 6.45) is 1.85. The molecule has 1 aromatic heterocycles. The van der Waals surface area contributed by atoms with Crippen molar-refractivity contribution in [3.05, 3.63) is 63.8 Å². The Hall–Kier alpha value is -4.16. The molecule has 11 nitrogen and oxygen atoms in total. The number of primary amides is 1. The third-order valence-corrected chi connectivity index (χ3v) is 8.57. The lowest BCUT2D eigenvalue weighted by Crippen LogP contribution is -2.70. The lowest BCUT2D eigenvalue weighted by Gasteiger charge is -2.59. The van der Waals surface area contributed by atoms with E-state index in [1.807, 2.05) is 0 Å². The number of rotatable bonds is 4. The van der Waals surface area contributed by atoms with Gasteiger partial charge in [-0.2, -0.15) is 0 Å². The van der Waals surface area contributed by atoms with Crippen LogP contribution in [0, 0.1) is 5.41 Å². The number of benzene rings is 1. The highest BCUT2D eigenvalue weighted by atomic mass is 16.4. The Morgan fingerprint density at radius 1 is 1.21 bits per heavy atom. The zero-order valence-electron chi connectivity index (χ0n) is 21.7. The maximum atomic E-state index is 14.0. The fourth-order valence-electron chi connectivity index (χ4n) is 7.14. The maximum absolute atomic E-state index is 14.0. The molecule has 6 N–H and O–H groups in total. The zero-order chi connectivity index (χ0) is 28.8. The number of carbonyl (C=O) groups is 4. The quantitative estimate of drug-likeness (QED) is 0.213. The van der Waals surface area contributed by atoms with Crippen LogP contribution in [0.3, 0.4) is 0 Å². The van der Waals surface area contributed by atoms with Crippen LogP contribution in [0.2, 0.25) is 5.31 Å². The Morgan fingerprint density at radius 2 is 1.87 bits per heavy atom. The van der Waals surface area contributed by atoms with E-state index in [0.29, 0.717) is 11.8 Å². The number of aldehydes is 1. The number of carbonyl (C=O) groups excluding carboxylic acids is 4. The molecule has 3 aliphatic carbocycles. The van der Waals surface area contributed by atoms with E-state index in [4.69, 9.17) is 10.2 Å². The maximum Gasteiger partial charge on any atom is 0.255 e. The topological polar surface area (TPSA) is 192 Å². The third-order valence-electron chi connectivity index (χ3n) is 8.57. The lowest BCUT2D eigenvalue weighted by molar-refractivity contribution is -0.164. The number of fused-ring (bicyclic) bond motifs is 3. The molecule has 4 atom stereocenters. The van der Waals surface area contributed by atoms with Gasteiger partial charge in [-0.25, -0.2) is 0 Å². The number of aromatic hydroxyl groups is 1. The lowest BCUT2D eigenvalue weighted by atomic mass is 9.41. The monoisotopic (exact) mass is 534 g/mol. The zero-order valence-corrected chi connectivity index (χ0v) is 21.7. The molecule has 39 heavy (non-hydrogen) atoms. The van der Waals surface area contributed by atoms with Crippen molar-refractivity contribution in [3.8, 4) is 17.1 Å². The Balaban J connectivity index is 1.78. The summed E-state index contributed by atoms with van der Waals surface area (Å²) in [5.41, 5.74) is 0.325. The number of ketones is 2. The molecule has 0 spiro atoms. The van der Waals surface area contributed by atoms with Crippen LogP contribution in [-0.4, -0.2) is 82.7 Å². The molecule has 1 heterocycles. The first-order valence-corrected chi connectivity index (χ1v) is 12.2. The normalized spacial score (nSPS) is 30.2. The Kier molecular flexibility index (Phi) is 5.54. The van der Waals surface area contributed by atoms with Crippen LogP contribution < -0.4 is 5.73 Å². The second kappa shape index (κ2) is 8.17. The molecule has 1 amide bonds. The average Bonchev–Trinajstić information content (AvgIpc) is 3.29. The predicted octanol–water partition coefficient (Wildman–Crippen LogP) is 0.759. The molecule has 0 saturated heterocycles. The minimum atomic E-state index is -2.79. The van der Waals surface area contributed by atoms with Crippen LogP contribution in [0.25, 0.3) is 11.3 Å². The largest absolute Gasteiger partial charge is 0.510 e. The first-order valence-electron chi connectivity index (χ1n) is 12.2. The van der Waals surface area contributed by atoms with Crippen molar-refractivity contribution in [1.82, 2.24) is 4.90 Å². The molecule has 1 aromatic carbocycles. The molecular weight excluding hydrogens is 507 g/mol. The molecule has 0 aliphatic heterocycles. The van der Waals surface area contributed by atoms with Gasteiger partial charge in [0.2, 0.25) is 5.78 Å². The number of furan rings is 1. The number of aliphatic hydroxyl groups excluding tert-OH is 2. The van der Waals surface area contributed by atoms with Gasteiger partial charge in [-0.3, -0.25) is 24.1 Å². The van der Waals surface area contributed by atoms with E-state index in [2.05, 4.69) is 0 Å². The summed E-state index contributed by atoms with van der Waals surface area (Å²) in [5.74, 6) is -5.48. The first kappa shape index (κ1) is 26.5. The summed E-state index contributed by atoms with van der Waals surface area (Å²) in [6.45, 7) is 1.50. The number of nitrogens with two attached hydrogens (primary N) is 1. The van der Waals surface area contributed by atoms with Crippen LogP contribution >= 0.6 is 0 Å². The molecule has 3 aliphatic rings. The van der Waals surface area contributed by atoms with Crippen molar-refractivity contribution in [2.24, 2.45) is 11.1 Å². The van der Waals surface area contributed by atoms with Crippen molar-refractivity contribution < 1.29 is 44.0 Å². The van der Waals surface area contributed by atoms with E-state index >= 15 is 0 Å². The standard InChI is InChI=1S/C27H27BN2O9/c1-25-10-26(28)8-11-4-5-13(20-12(9-31)6-7-39-20)17(32)14(11)18(33)16(26)23(36)27(25,38)22(35)15(24(29)37)19(34)21(25)30(2)3/h4-7,9,21,32,34,36,38H,8,10,28H2,1-3H3,(H2,29,37)/t21-,25+,26-,27-/m1/s1. The summed E-state index contributed by atoms with van der Waals surface area (Å²) in [4.78, 5) is 52.8. The summed E-state index contributed by atoms with van der Waals surface area (Å²) >= 11 is 0. The Morgan fingerprint density at radius 3 is 2.46 bits per heavy atom. The average molecular weight is 534 g/mol. The summed E-state index contributed by atoms with van der Waals surface area (Å²) in [5, 5.41) is 44.7. The second-order valence-corrected chi connectivity index (χ2v) is 11.2. The molecule has 202 valence electrons. The summed E-state index contributed by atoms with van der Waals surface area (Å²) in [7, 11) is 4.83. The van der Waals surface area contributed by atoms with Crippen LogP contribution in [0.15, 0.2) is 51.5 Å². The predicted molar refractivity (Wildman–Crippen MR) is 139 cm³/mol. The molecule has 0 saturated carbocycles. The number of phenols is 1. The SMILES string of the molecule is B[C@@]12Cc3ccc(-c4occc4C=O)c(O)c3C(=O)C1=C(O)[C@]1(O)C(=O)C(C(N)=O)=C(O)[C@@H](N(C)C)[C@]1(C)C2. The van der Waals surface area contributed by atoms with Crippen molar-refractivity contribution in [3.63, 3.8) is 0 Å². The fraction of sp³-hybridized carbons (Fsp3) is 0.333. The smallest absolute Gasteiger partial charge is 0.255 e. The van der Waals surface area contributed by atoms with Gasteiger partial charge in [0.1, 0.15) is 36.4 Å². The van der Waals surface area contributed by atoms with Crippen LogP contribution in [0.5, 0.6) is 5.75 Å². The number of likely N-dealkylation sites (N-methyl/N-ethyl adjacent to an activating group) is 1. The Bertz CT molecular complexity index is 1570. The number of allylic oxidation sites excluding steroid dienone is 1. The van der Waals surface area contributed by atoms with E-state index in [9.17, 15) is 39.6 Å². The van der Waals surface area contributed by atoms with Crippen molar-refractivity contribution in [1.29, 1.82) is 0 Å². The number of amides is 1. The highest BCUT2D eigenvalue weighted by Crippen LogP contribution is 2.64. The first-order chi connectivity index (χ1) is 18.2. The van der Waals surface area contributed by atoms with E-state index in [1.54, 1.807) is 28.0 Å². The fourth-order valence-corrected chi connectivity index (χ4v) is 7.14. The van der Waals surface area contributed by atoms with Crippen LogP contribution in [0.4, 0.5) is 0 Å². The van der Waals surface area contributed by atoms with Crippen LogP contribution in [0.1, 0.15) is 39.6 Å². The number of hydrogen-bond acceptors (Lipinski definition) is 10. The molecule has 0 unspecified atom stereocenters. The molecule has 0 fully saturated rings. The molecule has 0 radical (unpaired) electrons. The van der Waals surface area contributed by atoms with E-state index < -0.39 is 62.7 Å². The highest BCUT2D eigenvalue weighted by molar-refractivity contribution is 6.30. The van der Waals surface area contributed by atoms with Gasteiger partial charge in [-0.05, 0) is 49.9 Å². The number of Topliss-reactive ketones (excluding diaryl/α,β-unsaturated/α-hetero) is 2. The van der Waals surface area contributed by atoms with E-state index in [-0.39, 0.29) is 40.9 Å². The second-order valence-electron chi connectivity index (χ2n) is 11.2. The molecule has 5 rings (SSSR count). The minimum absolute atomic E-state index is 0.0440. The van der Waals surface area contributed by atoms with Gasteiger partial charge >= 0.3 is 0 Å². The minimum Gasteiger partial charge on any atom is -0.510 e. The van der Waals surface area contributed by atoms with Crippen LogP contribution in [-0.2, 0) is 16.0 Å². The van der Waals surface area contributed by atoms with E-state index in [1.165, 1.54) is 30.2 Å². The molecule has 2 aromatic rings. The van der Waals surface area contributed by atoms with Gasteiger partial charge < -0.3 is 30.6 Å².